The third kappa shape index (κ3) is 1.12. The van der Waals surface area contributed by atoms with Gasteiger partial charge in [-0.3, -0.25) is 0 Å². The number of benzene rings is 1. The molecule has 2 rings (SSSR count). The number of aromatic amines is 1. The van der Waals surface area contributed by atoms with Crippen LogP contribution < -0.4 is 0 Å². The molecule has 0 saturated carbocycles. The first-order valence-corrected chi connectivity index (χ1v) is 5.21. The van der Waals surface area contributed by atoms with E-state index in [1.165, 1.54) is 10.9 Å². The van der Waals surface area contributed by atoms with Crippen molar-refractivity contribution < 1.29 is 0 Å². The van der Waals surface area contributed by atoms with Crippen LogP contribution in [0.5, 0.6) is 0 Å². The number of rotatable bonds is 0. The summed E-state index contributed by atoms with van der Waals surface area (Å²) in [5.74, 6) is 0. The summed E-state index contributed by atoms with van der Waals surface area (Å²) in [7, 11) is 0. The van der Waals surface area contributed by atoms with Gasteiger partial charge in [0.05, 0.1) is 9.08 Å². The molecule has 12 heavy (non-hydrogen) atoms. The van der Waals surface area contributed by atoms with E-state index >= 15 is 0 Å². The Kier molecular flexibility index (Phi) is 2.00. The number of fused-ring (bicyclic) bond motifs is 1. The van der Waals surface area contributed by atoms with Crippen molar-refractivity contribution in [2.24, 2.45) is 0 Å². The van der Waals surface area contributed by atoms with Crippen LogP contribution in [0.25, 0.3) is 10.9 Å². The Balaban J connectivity index is 2.97. The lowest BCUT2D eigenvalue weighted by Crippen LogP contribution is -1.72. The lowest BCUT2D eigenvalue weighted by Gasteiger charge is -1.94. The average molecular weight is 289 g/mol. The molecule has 0 bridgehead atoms. The van der Waals surface area contributed by atoms with Crippen LogP contribution in [0.15, 0.2) is 27.3 Å². The zero-order valence-electron chi connectivity index (χ0n) is 6.49. The van der Waals surface area contributed by atoms with Gasteiger partial charge >= 0.3 is 0 Å². The van der Waals surface area contributed by atoms with Crippen molar-refractivity contribution in [3.63, 3.8) is 0 Å². The van der Waals surface area contributed by atoms with E-state index in [9.17, 15) is 0 Å². The fourth-order valence-corrected chi connectivity index (χ4v) is 2.38. The summed E-state index contributed by atoms with van der Waals surface area (Å²) in [6.07, 6.45) is 0. The van der Waals surface area contributed by atoms with Crippen molar-refractivity contribution in [3.8, 4) is 0 Å². The van der Waals surface area contributed by atoms with E-state index < -0.39 is 0 Å². The summed E-state index contributed by atoms with van der Waals surface area (Å²) in [6.45, 7) is 2.10. The summed E-state index contributed by atoms with van der Waals surface area (Å²) in [5.41, 5.74) is 2.44. The third-order valence-electron chi connectivity index (χ3n) is 1.93. The second-order valence-electron chi connectivity index (χ2n) is 2.75. The number of H-pyrrole nitrogens is 1. The Morgan fingerprint density at radius 2 is 2.00 bits per heavy atom. The highest BCUT2D eigenvalue weighted by molar-refractivity contribution is 9.13. The number of aryl methyl sites for hydroxylation is 1. The summed E-state index contributed by atoms with van der Waals surface area (Å²) < 4.78 is 2.11. The SMILES string of the molecule is Cc1cccc2[nH]c(Br)c(Br)c12. The van der Waals surface area contributed by atoms with Gasteiger partial charge in [-0.2, -0.15) is 0 Å². The number of aromatic nitrogens is 1. The molecule has 1 heterocycles. The van der Waals surface area contributed by atoms with E-state index in [1.54, 1.807) is 0 Å². The molecule has 0 aliphatic carbocycles. The minimum absolute atomic E-state index is 1.01. The monoisotopic (exact) mass is 287 g/mol. The number of halogens is 2. The summed E-state index contributed by atoms with van der Waals surface area (Å²) in [5, 5.41) is 1.25. The van der Waals surface area contributed by atoms with Crippen molar-refractivity contribution in [1.29, 1.82) is 0 Å². The Labute approximate surface area is 87.4 Å². The molecule has 0 fully saturated rings. The number of nitrogens with one attached hydrogen (secondary N) is 1. The van der Waals surface area contributed by atoms with Gasteiger partial charge in [-0.15, -0.1) is 0 Å². The predicted octanol–water partition coefficient (Wildman–Crippen LogP) is 4.00. The van der Waals surface area contributed by atoms with Crippen LogP contribution in [0.1, 0.15) is 5.56 Å². The van der Waals surface area contributed by atoms with Crippen LogP contribution in [-0.2, 0) is 0 Å². The molecular weight excluding hydrogens is 282 g/mol. The van der Waals surface area contributed by atoms with Crippen LogP contribution in [0.3, 0.4) is 0 Å². The summed E-state index contributed by atoms with van der Waals surface area (Å²) in [4.78, 5) is 3.24. The molecule has 0 radical (unpaired) electrons. The quantitative estimate of drug-likeness (QED) is 0.754. The number of hydrogen-bond donors (Lipinski definition) is 1. The summed E-state index contributed by atoms with van der Waals surface area (Å²) in [6, 6.07) is 6.22. The van der Waals surface area contributed by atoms with Crippen LogP contribution in [-0.4, -0.2) is 4.98 Å². The van der Waals surface area contributed by atoms with Crippen LogP contribution in [0.2, 0.25) is 0 Å². The van der Waals surface area contributed by atoms with Crippen LogP contribution in [0.4, 0.5) is 0 Å². The smallest absolute Gasteiger partial charge is 0.0975 e. The first-order valence-electron chi connectivity index (χ1n) is 3.62. The Bertz CT molecular complexity index is 431. The molecule has 0 unspecified atom stereocenters. The van der Waals surface area contributed by atoms with Crippen LogP contribution in [0, 0.1) is 6.92 Å². The largest absolute Gasteiger partial charge is 0.348 e. The van der Waals surface area contributed by atoms with Gasteiger partial charge < -0.3 is 4.98 Å². The normalized spacial score (nSPS) is 10.9. The van der Waals surface area contributed by atoms with Crippen molar-refractivity contribution in [2.45, 2.75) is 6.92 Å². The molecule has 1 aromatic carbocycles. The zero-order valence-corrected chi connectivity index (χ0v) is 9.66. The molecule has 1 N–H and O–H groups in total. The summed E-state index contributed by atoms with van der Waals surface area (Å²) >= 11 is 6.96. The maximum absolute atomic E-state index is 3.52. The van der Waals surface area contributed by atoms with Crippen molar-refractivity contribution in [3.05, 3.63) is 32.8 Å². The third-order valence-corrected chi connectivity index (χ3v) is 3.85. The molecule has 62 valence electrons. The van der Waals surface area contributed by atoms with Gasteiger partial charge in [0.25, 0.3) is 0 Å². The van der Waals surface area contributed by atoms with Crippen LogP contribution >= 0.6 is 31.9 Å². The van der Waals surface area contributed by atoms with Crippen molar-refractivity contribution in [1.82, 2.24) is 4.98 Å². The minimum Gasteiger partial charge on any atom is -0.348 e. The molecule has 3 heteroatoms. The molecule has 2 aromatic rings. The Morgan fingerprint density at radius 1 is 1.25 bits per heavy atom. The van der Waals surface area contributed by atoms with Gasteiger partial charge in [0.15, 0.2) is 0 Å². The highest BCUT2D eigenvalue weighted by Crippen LogP contribution is 2.33. The average Bonchev–Trinajstić information content (AvgIpc) is 2.29. The highest BCUT2D eigenvalue weighted by Gasteiger charge is 2.07. The maximum atomic E-state index is 3.52. The lowest BCUT2D eigenvalue weighted by atomic mass is 10.1. The van der Waals surface area contributed by atoms with E-state index in [2.05, 4.69) is 55.9 Å². The Hall–Kier alpha value is -0.280. The maximum Gasteiger partial charge on any atom is 0.0975 e. The first-order chi connectivity index (χ1) is 5.70. The number of hydrogen-bond acceptors (Lipinski definition) is 0. The van der Waals surface area contributed by atoms with E-state index in [0.717, 1.165) is 14.6 Å². The molecule has 0 aliphatic heterocycles. The fraction of sp³-hybridized carbons (Fsp3) is 0.111. The van der Waals surface area contributed by atoms with Gasteiger partial charge in [0.1, 0.15) is 0 Å². The predicted molar refractivity (Wildman–Crippen MR) is 58.4 cm³/mol. The van der Waals surface area contributed by atoms with Gasteiger partial charge in [-0.1, -0.05) is 12.1 Å². The minimum atomic E-state index is 1.01. The van der Waals surface area contributed by atoms with Crippen molar-refractivity contribution in [2.75, 3.05) is 0 Å². The lowest BCUT2D eigenvalue weighted by molar-refractivity contribution is 1.40. The molecule has 0 spiro atoms. The molecule has 0 amide bonds. The second-order valence-corrected chi connectivity index (χ2v) is 4.34. The molecular formula is C9H7Br2N. The molecule has 0 saturated heterocycles. The van der Waals surface area contributed by atoms with Crippen molar-refractivity contribution >= 4 is 42.8 Å². The Morgan fingerprint density at radius 3 is 2.67 bits per heavy atom. The fourth-order valence-electron chi connectivity index (χ4n) is 1.35. The van der Waals surface area contributed by atoms with E-state index in [0.29, 0.717) is 0 Å². The van der Waals surface area contributed by atoms with Gasteiger partial charge in [0.2, 0.25) is 0 Å². The standard InChI is InChI=1S/C9H7Br2N/c1-5-3-2-4-6-7(5)8(10)9(11)12-6/h2-4,12H,1H3. The van der Waals surface area contributed by atoms with Gasteiger partial charge in [-0.25, -0.2) is 0 Å². The van der Waals surface area contributed by atoms with E-state index in [4.69, 9.17) is 0 Å². The topological polar surface area (TPSA) is 15.8 Å². The molecule has 1 aromatic heterocycles. The second kappa shape index (κ2) is 2.89. The highest BCUT2D eigenvalue weighted by atomic mass is 79.9. The molecule has 0 atom stereocenters. The zero-order chi connectivity index (χ0) is 8.72. The first kappa shape index (κ1) is 8.32. The molecule has 1 nitrogen and oxygen atoms in total. The molecule has 0 aliphatic rings. The van der Waals surface area contributed by atoms with Gasteiger partial charge in [0, 0.05) is 10.9 Å². The van der Waals surface area contributed by atoms with Gasteiger partial charge in [-0.05, 0) is 50.4 Å². The van der Waals surface area contributed by atoms with E-state index in [1.807, 2.05) is 6.07 Å². The van der Waals surface area contributed by atoms with E-state index in [-0.39, 0.29) is 0 Å².